The Hall–Kier alpha value is -5.22. The lowest BCUT2D eigenvalue weighted by Crippen LogP contribution is -2.39. The smallest absolute Gasteiger partial charge is 0.217 e. The van der Waals surface area contributed by atoms with Crippen molar-refractivity contribution in [1.82, 2.24) is 8.61 Å². The van der Waals surface area contributed by atoms with Crippen LogP contribution in [0.4, 0.5) is 0 Å². The number of ether oxygens (including phenoxy) is 4. The first kappa shape index (κ1) is 55.7. The van der Waals surface area contributed by atoms with E-state index in [0.29, 0.717) is 38.5 Å². The second kappa shape index (κ2) is 28.0. The number of halogens is 2. The third kappa shape index (κ3) is 17.0. The molecule has 0 amide bonds. The molecule has 0 fully saturated rings. The molecule has 0 unspecified atom stereocenters. The zero-order valence-electron chi connectivity index (χ0n) is 40.4. The van der Waals surface area contributed by atoms with E-state index in [-0.39, 0.29) is 26.2 Å². The predicted octanol–water partition coefficient (Wildman–Crippen LogP) is 12.8. The third-order valence-corrected chi connectivity index (χ3v) is 17.3. The van der Waals surface area contributed by atoms with E-state index in [1.807, 2.05) is 146 Å². The molecule has 0 radical (unpaired) electrons. The second-order valence-electron chi connectivity index (χ2n) is 16.7. The first-order valence-corrected chi connectivity index (χ1v) is 27.5. The highest BCUT2D eigenvalue weighted by Crippen LogP contribution is 2.28. The van der Waals surface area contributed by atoms with Crippen LogP contribution in [0.2, 0.25) is 0 Å². The second-order valence-corrected chi connectivity index (χ2v) is 22.9. The van der Waals surface area contributed by atoms with Gasteiger partial charge in [-0.25, -0.2) is 16.8 Å². The molecule has 6 rings (SSSR count). The lowest BCUT2D eigenvalue weighted by molar-refractivity contribution is 0.388. The Balaban J connectivity index is 0.000000261. The zero-order valence-corrected chi connectivity index (χ0v) is 45.2. The van der Waals surface area contributed by atoms with Gasteiger partial charge in [0, 0.05) is 35.1 Å². The van der Waals surface area contributed by atoms with Gasteiger partial charge in [-0.2, -0.15) is 8.61 Å². The SMILES string of the molecule is C=CCC[C@@H](Cc1ccc(Br)cc1)S(=O)(=O)N(Cc1ccc(OC)cc1)Cc1ccc(OC)cc1.C=CCC[C@H](Cc1ccc(Br)cc1)S(=O)(=O)N(Cc1ccc(OC)cc1)Cc1ccc(OC)cc1. The van der Waals surface area contributed by atoms with Crippen LogP contribution in [0.25, 0.3) is 0 Å². The molecule has 0 N–H and O–H groups in total. The van der Waals surface area contributed by atoms with Crippen molar-refractivity contribution in [2.45, 2.75) is 75.2 Å². The van der Waals surface area contributed by atoms with Crippen LogP contribution in [0.1, 0.15) is 59.1 Å². The maximum Gasteiger partial charge on any atom is 0.217 e. The highest BCUT2D eigenvalue weighted by Gasteiger charge is 2.34. The molecule has 0 aromatic heterocycles. The number of allylic oxidation sites excluding steroid dienone is 2. The van der Waals surface area contributed by atoms with Crippen LogP contribution < -0.4 is 18.9 Å². The standard InChI is InChI=1S/2C28H32BrNO4S/c2*1-4-5-6-28(19-22-7-13-25(29)14-8-22)35(31,32)30(20-23-9-15-26(33-2)16-10-23)21-24-11-17-27(34-3)18-12-24/h2*4,7-18,28H,1,5-6,19-21H2,2-3H3/t2*28-/m10/s1. The van der Waals surface area contributed by atoms with E-state index in [1.54, 1.807) is 49.2 Å². The van der Waals surface area contributed by atoms with Crippen molar-refractivity contribution < 1.29 is 35.8 Å². The van der Waals surface area contributed by atoms with Crippen molar-refractivity contribution in [1.29, 1.82) is 0 Å². The summed E-state index contributed by atoms with van der Waals surface area (Å²) in [5.74, 6) is 2.93. The number of nitrogens with zero attached hydrogens (tertiary/aromatic N) is 2. The Bertz CT molecular complexity index is 2450. The van der Waals surface area contributed by atoms with E-state index in [1.165, 1.54) is 0 Å². The Morgan fingerprint density at radius 2 is 0.643 bits per heavy atom. The third-order valence-electron chi connectivity index (χ3n) is 11.8. The number of hydrogen-bond acceptors (Lipinski definition) is 8. The van der Waals surface area contributed by atoms with Crippen LogP contribution in [0, 0.1) is 0 Å². The molecule has 0 aliphatic carbocycles. The molecule has 0 saturated heterocycles. The predicted molar refractivity (Wildman–Crippen MR) is 290 cm³/mol. The highest BCUT2D eigenvalue weighted by molar-refractivity contribution is 9.10. The molecule has 0 saturated carbocycles. The molecule has 0 heterocycles. The molecule has 0 aliphatic rings. The van der Waals surface area contributed by atoms with Gasteiger partial charge in [0.2, 0.25) is 20.0 Å². The molecular formula is C56H64Br2N2O8S2. The van der Waals surface area contributed by atoms with Crippen molar-refractivity contribution >= 4 is 51.9 Å². The Morgan fingerprint density at radius 3 is 0.857 bits per heavy atom. The van der Waals surface area contributed by atoms with Crippen molar-refractivity contribution in [3.63, 3.8) is 0 Å². The Morgan fingerprint density at radius 1 is 0.414 bits per heavy atom. The van der Waals surface area contributed by atoms with E-state index in [2.05, 4.69) is 45.0 Å². The average Bonchev–Trinajstić information content (AvgIpc) is 3.38. The first-order chi connectivity index (χ1) is 33.7. The van der Waals surface area contributed by atoms with Crippen LogP contribution in [0.5, 0.6) is 23.0 Å². The summed E-state index contributed by atoms with van der Waals surface area (Å²) in [4.78, 5) is 0. The van der Waals surface area contributed by atoms with Gasteiger partial charge in [-0.05, 0) is 145 Å². The molecule has 0 aliphatic heterocycles. The minimum atomic E-state index is -3.66. The van der Waals surface area contributed by atoms with Crippen LogP contribution in [0.15, 0.2) is 180 Å². The fourth-order valence-corrected chi connectivity index (χ4v) is 12.1. The van der Waals surface area contributed by atoms with Gasteiger partial charge in [-0.15, -0.1) is 13.2 Å². The van der Waals surface area contributed by atoms with Gasteiger partial charge in [0.25, 0.3) is 0 Å². The first-order valence-electron chi connectivity index (χ1n) is 22.9. The van der Waals surface area contributed by atoms with Gasteiger partial charge >= 0.3 is 0 Å². The van der Waals surface area contributed by atoms with E-state index in [9.17, 15) is 16.8 Å². The number of methoxy groups -OCH3 is 4. The van der Waals surface area contributed by atoms with Crippen LogP contribution >= 0.6 is 31.9 Å². The number of sulfonamides is 2. The molecule has 372 valence electrons. The summed E-state index contributed by atoms with van der Waals surface area (Å²) < 4.78 is 82.5. The van der Waals surface area contributed by atoms with E-state index in [4.69, 9.17) is 18.9 Å². The minimum absolute atomic E-state index is 0.267. The Kier molecular flexibility index (Phi) is 22.3. The van der Waals surface area contributed by atoms with Crippen LogP contribution in [-0.2, 0) is 59.1 Å². The number of benzene rings is 6. The van der Waals surface area contributed by atoms with E-state index < -0.39 is 30.5 Å². The molecule has 14 heteroatoms. The zero-order chi connectivity index (χ0) is 50.5. The summed E-state index contributed by atoms with van der Waals surface area (Å²) in [7, 11) is -0.869. The van der Waals surface area contributed by atoms with Gasteiger partial charge in [0.1, 0.15) is 23.0 Å². The lowest BCUT2D eigenvalue weighted by atomic mass is 10.1. The monoisotopic (exact) mass is 1110 g/mol. The number of hydrogen-bond donors (Lipinski definition) is 0. The van der Waals surface area contributed by atoms with E-state index in [0.717, 1.165) is 65.3 Å². The fourth-order valence-electron chi connectivity index (χ4n) is 7.72. The number of rotatable bonds is 26. The quantitative estimate of drug-likeness (QED) is 0.0494. The summed E-state index contributed by atoms with van der Waals surface area (Å²) in [5.41, 5.74) is 5.56. The molecule has 0 spiro atoms. The van der Waals surface area contributed by atoms with Crippen LogP contribution in [-0.4, -0.2) is 64.4 Å². The molecular weight excluding hydrogens is 1050 g/mol. The van der Waals surface area contributed by atoms with Gasteiger partial charge in [0.15, 0.2) is 0 Å². The van der Waals surface area contributed by atoms with Gasteiger partial charge < -0.3 is 18.9 Å². The molecule has 2 atom stereocenters. The van der Waals surface area contributed by atoms with Crippen molar-refractivity contribution in [3.8, 4) is 23.0 Å². The largest absolute Gasteiger partial charge is 0.497 e. The topological polar surface area (TPSA) is 112 Å². The lowest BCUT2D eigenvalue weighted by Gasteiger charge is -2.28. The summed E-state index contributed by atoms with van der Waals surface area (Å²) in [5, 5.41) is -1.14. The van der Waals surface area contributed by atoms with Gasteiger partial charge in [0.05, 0.1) is 38.9 Å². The van der Waals surface area contributed by atoms with Gasteiger partial charge in [-0.1, -0.05) is 117 Å². The molecule has 6 aromatic carbocycles. The van der Waals surface area contributed by atoms with Gasteiger partial charge in [-0.3, -0.25) is 0 Å². The molecule has 70 heavy (non-hydrogen) atoms. The normalized spacial score (nSPS) is 12.3. The summed E-state index contributed by atoms with van der Waals surface area (Å²) in [6, 6.07) is 45.7. The highest BCUT2D eigenvalue weighted by atomic mass is 79.9. The fraction of sp³-hybridized carbons (Fsp3) is 0.286. The molecule has 6 aromatic rings. The molecule has 0 bridgehead atoms. The summed E-state index contributed by atoms with van der Waals surface area (Å²) in [6.07, 6.45) is 6.69. The maximum atomic E-state index is 14.1. The summed E-state index contributed by atoms with van der Waals surface area (Å²) >= 11 is 6.91. The van der Waals surface area contributed by atoms with Crippen molar-refractivity contribution in [2.24, 2.45) is 0 Å². The summed E-state index contributed by atoms with van der Waals surface area (Å²) in [6.45, 7) is 8.68. The Labute approximate surface area is 433 Å². The molecule has 10 nitrogen and oxygen atoms in total. The van der Waals surface area contributed by atoms with Crippen molar-refractivity contribution in [3.05, 3.63) is 213 Å². The van der Waals surface area contributed by atoms with E-state index >= 15 is 0 Å². The maximum absolute atomic E-state index is 14.1. The minimum Gasteiger partial charge on any atom is -0.497 e. The van der Waals surface area contributed by atoms with Crippen molar-refractivity contribution in [2.75, 3.05) is 28.4 Å². The average molecular weight is 1120 g/mol. The van der Waals surface area contributed by atoms with Crippen LogP contribution in [0.3, 0.4) is 0 Å².